The molecule has 1 aliphatic heterocycles. The summed E-state index contributed by atoms with van der Waals surface area (Å²) in [5.41, 5.74) is 6.99. The molecule has 4 nitrogen and oxygen atoms in total. The van der Waals surface area contributed by atoms with E-state index in [9.17, 15) is 4.79 Å². The smallest absolute Gasteiger partial charge is 0.272 e. The normalized spacial score (nSPS) is 17.5. The summed E-state index contributed by atoms with van der Waals surface area (Å²) < 4.78 is 0. The topological polar surface area (TPSA) is 59.2 Å². The van der Waals surface area contributed by atoms with Gasteiger partial charge in [-0.2, -0.15) is 0 Å². The van der Waals surface area contributed by atoms with Crippen molar-refractivity contribution in [3.8, 4) is 0 Å². The van der Waals surface area contributed by atoms with Crippen LogP contribution in [-0.2, 0) is 0 Å². The van der Waals surface area contributed by atoms with Crippen molar-refractivity contribution in [2.24, 2.45) is 11.3 Å². The number of amides is 1. The molecule has 1 aromatic heterocycles. The van der Waals surface area contributed by atoms with Crippen LogP contribution in [0.1, 0.15) is 44.1 Å². The van der Waals surface area contributed by atoms with Gasteiger partial charge < -0.3 is 10.6 Å². The fourth-order valence-electron chi connectivity index (χ4n) is 2.64. The lowest BCUT2D eigenvalue weighted by molar-refractivity contribution is 0.0603. The van der Waals surface area contributed by atoms with Crippen LogP contribution in [0.5, 0.6) is 0 Å². The Bertz CT molecular complexity index is 439. The Balaban J connectivity index is 1.98. The van der Waals surface area contributed by atoms with Crippen LogP contribution in [0.25, 0.3) is 0 Å². The quantitative estimate of drug-likeness (QED) is 0.845. The number of likely N-dealkylation sites (tertiary alicyclic amines) is 1. The highest BCUT2D eigenvalue weighted by Crippen LogP contribution is 2.34. The summed E-state index contributed by atoms with van der Waals surface area (Å²) in [6.45, 7) is 8.48. The minimum Gasteiger partial charge on any atom is -0.397 e. The van der Waals surface area contributed by atoms with Crippen LogP contribution >= 0.6 is 0 Å². The van der Waals surface area contributed by atoms with Crippen LogP contribution in [0, 0.1) is 11.3 Å². The van der Waals surface area contributed by atoms with Gasteiger partial charge in [0.05, 0.1) is 11.9 Å². The van der Waals surface area contributed by atoms with E-state index in [0.717, 1.165) is 25.9 Å². The maximum atomic E-state index is 12.3. The van der Waals surface area contributed by atoms with E-state index in [-0.39, 0.29) is 5.91 Å². The predicted octanol–water partition coefficient (Wildman–Crippen LogP) is 2.56. The van der Waals surface area contributed by atoms with Crippen molar-refractivity contribution < 1.29 is 4.79 Å². The van der Waals surface area contributed by atoms with Gasteiger partial charge in [0.15, 0.2) is 0 Å². The van der Waals surface area contributed by atoms with Crippen molar-refractivity contribution in [2.45, 2.75) is 33.6 Å². The Morgan fingerprint density at radius 3 is 2.42 bits per heavy atom. The number of hydrogen-bond donors (Lipinski definition) is 1. The second kappa shape index (κ2) is 5.19. The van der Waals surface area contributed by atoms with Gasteiger partial charge in [0.2, 0.25) is 0 Å². The van der Waals surface area contributed by atoms with Crippen LogP contribution in [-0.4, -0.2) is 28.9 Å². The van der Waals surface area contributed by atoms with E-state index in [4.69, 9.17) is 5.73 Å². The molecule has 2 heterocycles. The first kappa shape index (κ1) is 13.8. The summed E-state index contributed by atoms with van der Waals surface area (Å²) >= 11 is 0. The standard InChI is InChI=1S/C15H23N3O/c1-15(2,3)11-6-8-18(9-7-11)14(19)13-5-4-12(16)10-17-13/h4-5,10-11H,6-9,16H2,1-3H3. The van der Waals surface area contributed by atoms with Gasteiger partial charge in [-0.15, -0.1) is 0 Å². The van der Waals surface area contributed by atoms with Crippen LogP contribution in [0.15, 0.2) is 18.3 Å². The molecule has 0 spiro atoms. The zero-order valence-corrected chi connectivity index (χ0v) is 12.0. The van der Waals surface area contributed by atoms with Crippen molar-refractivity contribution in [3.05, 3.63) is 24.0 Å². The zero-order chi connectivity index (χ0) is 14.0. The van der Waals surface area contributed by atoms with Gasteiger partial charge in [-0.05, 0) is 36.3 Å². The van der Waals surface area contributed by atoms with E-state index in [1.54, 1.807) is 12.1 Å². The molecule has 104 valence electrons. The number of carbonyl (C=O) groups excluding carboxylic acids is 1. The molecule has 1 saturated heterocycles. The molecule has 2 rings (SSSR count). The fraction of sp³-hybridized carbons (Fsp3) is 0.600. The Morgan fingerprint density at radius 2 is 1.95 bits per heavy atom. The molecule has 0 unspecified atom stereocenters. The number of hydrogen-bond acceptors (Lipinski definition) is 3. The van der Waals surface area contributed by atoms with Crippen molar-refractivity contribution >= 4 is 11.6 Å². The number of nitrogens with zero attached hydrogens (tertiary/aromatic N) is 2. The van der Waals surface area contributed by atoms with Gasteiger partial charge in [0.1, 0.15) is 5.69 Å². The van der Waals surface area contributed by atoms with Crippen LogP contribution in [0.3, 0.4) is 0 Å². The molecule has 1 aliphatic rings. The summed E-state index contributed by atoms with van der Waals surface area (Å²) in [5.74, 6) is 0.711. The second-order valence-corrected chi connectivity index (χ2v) is 6.41. The lowest BCUT2D eigenvalue weighted by atomic mass is 9.75. The van der Waals surface area contributed by atoms with Gasteiger partial charge in [-0.1, -0.05) is 20.8 Å². The monoisotopic (exact) mass is 261 g/mol. The highest BCUT2D eigenvalue weighted by Gasteiger charge is 2.30. The highest BCUT2D eigenvalue weighted by atomic mass is 16.2. The molecule has 2 N–H and O–H groups in total. The Labute approximate surface area is 115 Å². The number of nitrogens with two attached hydrogens (primary N) is 1. The molecule has 0 bridgehead atoms. The number of anilines is 1. The molecule has 0 radical (unpaired) electrons. The van der Waals surface area contributed by atoms with Crippen molar-refractivity contribution in [1.29, 1.82) is 0 Å². The lowest BCUT2D eigenvalue weighted by Crippen LogP contribution is -2.41. The molecule has 0 aromatic carbocycles. The summed E-state index contributed by atoms with van der Waals surface area (Å²) in [7, 11) is 0. The molecule has 1 amide bonds. The van der Waals surface area contributed by atoms with Gasteiger partial charge in [0, 0.05) is 13.1 Å². The van der Waals surface area contributed by atoms with Crippen LogP contribution in [0.2, 0.25) is 0 Å². The van der Waals surface area contributed by atoms with Gasteiger partial charge >= 0.3 is 0 Å². The first-order valence-electron chi connectivity index (χ1n) is 6.89. The summed E-state index contributed by atoms with van der Waals surface area (Å²) in [5, 5.41) is 0. The predicted molar refractivity (Wildman–Crippen MR) is 76.7 cm³/mol. The molecule has 0 aliphatic carbocycles. The van der Waals surface area contributed by atoms with Crippen molar-refractivity contribution in [1.82, 2.24) is 9.88 Å². The van der Waals surface area contributed by atoms with Crippen molar-refractivity contribution in [3.63, 3.8) is 0 Å². The number of aromatic nitrogens is 1. The molecular weight excluding hydrogens is 238 g/mol. The third-order valence-electron chi connectivity index (χ3n) is 4.01. The molecule has 1 aromatic rings. The zero-order valence-electron chi connectivity index (χ0n) is 12.0. The molecular formula is C15H23N3O. The maximum Gasteiger partial charge on any atom is 0.272 e. The third kappa shape index (κ3) is 3.25. The van der Waals surface area contributed by atoms with E-state index in [2.05, 4.69) is 25.8 Å². The van der Waals surface area contributed by atoms with E-state index >= 15 is 0 Å². The molecule has 0 saturated carbocycles. The SMILES string of the molecule is CC(C)(C)C1CCN(C(=O)c2ccc(N)cn2)CC1. The first-order chi connectivity index (χ1) is 8.88. The molecule has 0 atom stereocenters. The highest BCUT2D eigenvalue weighted by molar-refractivity contribution is 5.92. The average molecular weight is 261 g/mol. The molecule has 19 heavy (non-hydrogen) atoms. The van der Waals surface area contributed by atoms with E-state index in [1.165, 1.54) is 6.20 Å². The summed E-state index contributed by atoms with van der Waals surface area (Å²) in [6, 6.07) is 3.43. The van der Waals surface area contributed by atoms with E-state index in [0.29, 0.717) is 22.7 Å². The Hall–Kier alpha value is -1.58. The van der Waals surface area contributed by atoms with E-state index in [1.807, 2.05) is 4.90 Å². The number of pyridine rings is 1. The van der Waals surface area contributed by atoms with Gasteiger partial charge in [-0.3, -0.25) is 4.79 Å². The second-order valence-electron chi connectivity index (χ2n) is 6.41. The lowest BCUT2D eigenvalue weighted by Gasteiger charge is -2.38. The average Bonchev–Trinajstić information content (AvgIpc) is 2.38. The Morgan fingerprint density at radius 1 is 1.32 bits per heavy atom. The Kier molecular flexibility index (Phi) is 3.78. The van der Waals surface area contributed by atoms with Crippen LogP contribution < -0.4 is 5.73 Å². The third-order valence-corrected chi connectivity index (χ3v) is 4.01. The van der Waals surface area contributed by atoms with Gasteiger partial charge in [-0.25, -0.2) is 4.98 Å². The largest absolute Gasteiger partial charge is 0.397 e. The fourth-order valence-corrected chi connectivity index (χ4v) is 2.64. The summed E-state index contributed by atoms with van der Waals surface area (Å²) in [6.07, 6.45) is 3.68. The minimum atomic E-state index is 0.0207. The van der Waals surface area contributed by atoms with Crippen LogP contribution in [0.4, 0.5) is 5.69 Å². The van der Waals surface area contributed by atoms with Gasteiger partial charge in [0.25, 0.3) is 5.91 Å². The summed E-state index contributed by atoms with van der Waals surface area (Å²) in [4.78, 5) is 18.3. The number of carbonyl (C=O) groups is 1. The van der Waals surface area contributed by atoms with E-state index < -0.39 is 0 Å². The molecule has 4 heteroatoms. The molecule has 1 fully saturated rings. The minimum absolute atomic E-state index is 0.0207. The van der Waals surface area contributed by atoms with Crippen molar-refractivity contribution in [2.75, 3.05) is 18.8 Å². The number of piperidine rings is 1. The maximum absolute atomic E-state index is 12.3. The number of nitrogen functional groups attached to an aromatic ring is 1. The number of rotatable bonds is 1. The first-order valence-corrected chi connectivity index (χ1v) is 6.89.